The quantitative estimate of drug-likeness (QED) is 0.311. The van der Waals surface area contributed by atoms with Crippen LogP contribution in [-0.2, 0) is 31.5 Å². The Labute approximate surface area is 278 Å². The van der Waals surface area contributed by atoms with Crippen molar-refractivity contribution >= 4 is 29.3 Å². The number of carbonyl (C=O) groups excluding carboxylic acids is 4. The minimum atomic E-state index is -4.10. The molecule has 2 aliphatic rings. The van der Waals surface area contributed by atoms with Crippen LogP contribution in [0.25, 0.3) is 0 Å². The Morgan fingerprint density at radius 1 is 1.02 bits per heavy atom. The predicted octanol–water partition coefficient (Wildman–Crippen LogP) is 3.49. The third kappa shape index (κ3) is 9.31. The van der Waals surface area contributed by atoms with Gasteiger partial charge in [0.05, 0.1) is 16.8 Å². The molecule has 1 aromatic heterocycles. The lowest BCUT2D eigenvalue weighted by Crippen LogP contribution is -2.54. The van der Waals surface area contributed by atoms with Crippen molar-refractivity contribution in [2.24, 2.45) is 5.92 Å². The SMILES string of the molecule is CCC(=O)N[C@H](Cc1ccc(NC(=O)[C@@H](NC(=O)C(F)(F)c2cncc(C#N)c2)C2CCCCCC2)c(F)c1)C(=O)N1CCN(C)CC1. The maximum atomic E-state index is 15.5. The molecule has 2 fully saturated rings. The molecule has 1 aromatic carbocycles. The number of anilines is 1. The number of halogens is 3. The summed E-state index contributed by atoms with van der Waals surface area (Å²) in [5, 5.41) is 16.5. The normalized spacial score (nSPS) is 17.4. The lowest BCUT2D eigenvalue weighted by atomic mass is 9.90. The second kappa shape index (κ2) is 16.5. The van der Waals surface area contributed by atoms with Gasteiger partial charge in [0.1, 0.15) is 24.0 Å². The maximum Gasteiger partial charge on any atom is 0.351 e. The number of nitrogens with zero attached hydrogens (tertiary/aromatic N) is 4. The van der Waals surface area contributed by atoms with E-state index in [9.17, 15) is 19.2 Å². The number of rotatable bonds is 11. The molecule has 1 aliphatic heterocycles. The molecule has 14 heteroatoms. The number of alkyl halides is 2. The summed E-state index contributed by atoms with van der Waals surface area (Å²) in [7, 11) is 1.96. The maximum absolute atomic E-state index is 15.5. The van der Waals surface area contributed by atoms with Gasteiger partial charge in [0.2, 0.25) is 17.7 Å². The number of nitrogens with one attached hydrogen (secondary N) is 3. The first-order valence-electron chi connectivity index (χ1n) is 16.3. The van der Waals surface area contributed by atoms with E-state index in [0.29, 0.717) is 44.6 Å². The second-order valence-corrected chi connectivity index (χ2v) is 12.5. The molecule has 4 rings (SSSR count). The van der Waals surface area contributed by atoms with E-state index in [1.54, 1.807) is 17.9 Å². The van der Waals surface area contributed by atoms with Crippen LogP contribution in [0.2, 0.25) is 0 Å². The molecule has 3 N–H and O–H groups in total. The molecule has 0 radical (unpaired) electrons. The van der Waals surface area contributed by atoms with Crippen LogP contribution < -0.4 is 16.0 Å². The molecule has 1 aliphatic carbocycles. The van der Waals surface area contributed by atoms with Gasteiger partial charge in [-0.05, 0) is 49.6 Å². The number of hydrogen-bond donors (Lipinski definition) is 3. The van der Waals surface area contributed by atoms with E-state index in [2.05, 4.69) is 25.8 Å². The molecule has 0 spiro atoms. The molecule has 2 aromatic rings. The Bertz CT molecular complexity index is 1520. The number of benzene rings is 1. The number of amides is 4. The molecule has 1 saturated carbocycles. The Morgan fingerprint density at radius 3 is 2.33 bits per heavy atom. The van der Waals surface area contributed by atoms with E-state index in [-0.39, 0.29) is 35.9 Å². The number of piperazine rings is 1. The highest BCUT2D eigenvalue weighted by Crippen LogP contribution is 2.31. The van der Waals surface area contributed by atoms with Gasteiger partial charge in [-0.2, -0.15) is 14.0 Å². The molecule has 0 unspecified atom stereocenters. The summed E-state index contributed by atoms with van der Waals surface area (Å²) in [6.45, 7) is 4.05. The van der Waals surface area contributed by atoms with E-state index in [1.165, 1.54) is 12.1 Å². The molecule has 0 bridgehead atoms. The monoisotopic (exact) mass is 669 g/mol. The Kier molecular flexibility index (Phi) is 12.5. The highest BCUT2D eigenvalue weighted by molar-refractivity contribution is 5.98. The summed E-state index contributed by atoms with van der Waals surface area (Å²) in [5.41, 5.74) is -0.773. The average Bonchev–Trinajstić information content (AvgIpc) is 3.37. The summed E-state index contributed by atoms with van der Waals surface area (Å²) in [5.74, 6) is -8.56. The van der Waals surface area contributed by atoms with Crippen LogP contribution in [0.5, 0.6) is 0 Å². The Hall–Kier alpha value is -4.51. The molecule has 258 valence electrons. The molecule has 2 heterocycles. The molecular weight excluding hydrogens is 627 g/mol. The van der Waals surface area contributed by atoms with Crippen LogP contribution in [0.1, 0.15) is 68.6 Å². The Balaban J connectivity index is 1.51. The van der Waals surface area contributed by atoms with Gasteiger partial charge in [-0.1, -0.05) is 38.7 Å². The fraction of sp³-hybridized carbons (Fsp3) is 0.529. The third-order valence-electron chi connectivity index (χ3n) is 8.96. The van der Waals surface area contributed by atoms with Gasteiger partial charge in [0.15, 0.2) is 0 Å². The van der Waals surface area contributed by atoms with Gasteiger partial charge in [0, 0.05) is 51.4 Å². The summed E-state index contributed by atoms with van der Waals surface area (Å²) in [6.07, 6.45) is 6.33. The first kappa shape index (κ1) is 36.3. The van der Waals surface area contributed by atoms with E-state index in [1.807, 2.05) is 7.05 Å². The number of hydrogen-bond acceptors (Lipinski definition) is 7. The summed E-state index contributed by atoms with van der Waals surface area (Å²) in [4.78, 5) is 59.5. The fourth-order valence-corrected chi connectivity index (χ4v) is 6.05. The zero-order chi connectivity index (χ0) is 34.8. The molecule has 1 saturated heterocycles. The van der Waals surface area contributed by atoms with Crippen molar-refractivity contribution in [2.45, 2.75) is 76.3 Å². The van der Waals surface area contributed by atoms with Crippen molar-refractivity contribution in [1.29, 1.82) is 5.26 Å². The highest BCUT2D eigenvalue weighted by Gasteiger charge is 2.44. The largest absolute Gasteiger partial charge is 0.351 e. The van der Waals surface area contributed by atoms with Crippen molar-refractivity contribution < 1.29 is 32.3 Å². The van der Waals surface area contributed by atoms with Gasteiger partial charge in [-0.25, -0.2) is 4.39 Å². The lowest BCUT2D eigenvalue weighted by Gasteiger charge is -2.34. The smallest absolute Gasteiger partial charge is 0.344 e. The highest BCUT2D eigenvalue weighted by atomic mass is 19.3. The first-order valence-corrected chi connectivity index (χ1v) is 16.3. The van der Waals surface area contributed by atoms with Gasteiger partial charge in [-0.3, -0.25) is 24.2 Å². The van der Waals surface area contributed by atoms with Crippen molar-refractivity contribution in [2.75, 3.05) is 38.5 Å². The summed E-state index contributed by atoms with van der Waals surface area (Å²) >= 11 is 0. The topological polar surface area (TPSA) is 148 Å². The molecule has 4 amide bonds. The molecular formula is C34H42F3N7O4. The lowest BCUT2D eigenvalue weighted by molar-refractivity contribution is -0.149. The van der Waals surface area contributed by atoms with Crippen molar-refractivity contribution in [3.63, 3.8) is 0 Å². The second-order valence-electron chi connectivity index (χ2n) is 12.5. The summed E-state index contributed by atoms with van der Waals surface area (Å²) in [6, 6.07) is 4.25. The van der Waals surface area contributed by atoms with Crippen LogP contribution in [-0.4, -0.2) is 83.7 Å². The van der Waals surface area contributed by atoms with E-state index in [4.69, 9.17) is 5.26 Å². The van der Waals surface area contributed by atoms with Crippen LogP contribution in [0.3, 0.4) is 0 Å². The zero-order valence-electron chi connectivity index (χ0n) is 27.2. The van der Waals surface area contributed by atoms with Crippen LogP contribution >= 0.6 is 0 Å². The molecule has 2 atom stereocenters. The van der Waals surface area contributed by atoms with Crippen LogP contribution in [0.4, 0.5) is 18.9 Å². The first-order chi connectivity index (χ1) is 22.9. The number of pyridine rings is 1. The summed E-state index contributed by atoms with van der Waals surface area (Å²) < 4.78 is 46.0. The third-order valence-corrected chi connectivity index (χ3v) is 8.96. The number of carbonyl (C=O) groups is 4. The number of aromatic nitrogens is 1. The van der Waals surface area contributed by atoms with Crippen LogP contribution in [0.15, 0.2) is 36.7 Å². The minimum absolute atomic E-state index is 0.0136. The number of nitriles is 1. The molecule has 48 heavy (non-hydrogen) atoms. The standard InChI is InChI=1S/C34H42F3N7O4/c1-3-29(45)40-28(32(47)44-14-12-43(2)13-15-44)18-22-10-11-27(26(35)17-22)41-31(46)30(24-8-6-4-5-7-9-24)42-33(48)34(36,37)25-16-23(19-38)20-39-21-25/h10-11,16-17,20-21,24,28,30H,3-9,12-15,18H2,1-2H3,(H,40,45)(H,41,46)(H,42,48)/t28-,30+/m1/s1. The van der Waals surface area contributed by atoms with E-state index >= 15 is 13.2 Å². The van der Waals surface area contributed by atoms with Gasteiger partial charge in [-0.15, -0.1) is 0 Å². The average molecular weight is 670 g/mol. The zero-order valence-corrected chi connectivity index (χ0v) is 27.2. The van der Waals surface area contributed by atoms with Crippen molar-refractivity contribution in [3.05, 3.63) is 59.2 Å². The number of likely N-dealkylation sites (N-methyl/N-ethyl adjacent to an activating group) is 1. The van der Waals surface area contributed by atoms with Crippen LogP contribution in [0, 0.1) is 23.1 Å². The molecule has 11 nitrogen and oxygen atoms in total. The Morgan fingerprint density at radius 2 is 1.71 bits per heavy atom. The van der Waals surface area contributed by atoms with Gasteiger partial charge < -0.3 is 25.8 Å². The predicted molar refractivity (Wildman–Crippen MR) is 171 cm³/mol. The van der Waals surface area contributed by atoms with E-state index in [0.717, 1.165) is 50.2 Å². The fourth-order valence-electron chi connectivity index (χ4n) is 6.05. The van der Waals surface area contributed by atoms with Crippen molar-refractivity contribution in [1.82, 2.24) is 25.4 Å². The van der Waals surface area contributed by atoms with Gasteiger partial charge in [0.25, 0.3) is 5.91 Å². The van der Waals surface area contributed by atoms with Crippen molar-refractivity contribution in [3.8, 4) is 6.07 Å². The van der Waals surface area contributed by atoms with E-state index < -0.39 is 47.1 Å². The minimum Gasteiger partial charge on any atom is -0.344 e. The van der Waals surface area contributed by atoms with Gasteiger partial charge >= 0.3 is 5.92 Å².